The smallest absolute Gasteiger partial charge is 0.181 e. The van der Waals surface area contributed by atoms with Crippen molar-refractivity contribution in [2.24, 2.45) is 0 Å². The van der Waals surface area contributed by atoms with Gasteiger partial charge in [0.15, 0.2) is 11.5 Å². The maximum atomic E-state index is 9.96. The molecule has 1 rings (SSSR count). The Labute approximate surface area is 91.3 Å². The zero-order chi connectivity index (χ0) is 11.6. The summed E-state index contributed by atoms with van der Waals surface area (Å²) in [6.07, 6.45) is 0. The van der Waals surface area contributed by atoms with Gasteiger partial charge >= 0.3 is 0 Å². The van der Waals surface area contributed by atoms with E-state index in [4.69, 9.17) is 4.74 Å². The van der Waals surface area contributed by atoms with Gasteiger partial charge in [-0.3, -0.25) is 0 Å². The number of hydrogen-bond donors (Lipinski definition) is 1. The molecule has 0 unspecified atom stereocenters. The van der Waals surface area contributed by atoms with E-state index in [0.717, 1.165) is 5.69 Å². The van der Waals surface area contributed by atoms with Crippen LogP contribution in [0.4, 0.5) is 5.69 Å². The minimum absolute atomic E-state index is 0.192. The fraction of sp³-hybridized carbons (Fsp3) is 0.500. The molecule has 0 aliphatic heterocycles. The fourth-order valence-electron chi connectivity index (χ4n) is 1.28. The standard InChI is InChI=1S/C12H19NO2/c1-12(2,3)15-10-8-6-7-9(11(10)14)13(4)5/h6-8,14H,1-5H3. The number of ether oxygens (including phenoxy) is 1. The molecule has 0 atom stereocenters. The molecule has 0 bridgehead atoms. The lowest BCUT2D eigenvalue weighted by Crippen LogP contribution is -2.23. The van der Waals surface area contributed by atoms with Gasteiger partial charge in [-0.05, 0) is 32.9 Å². The van der Waals surface area contributed by atoms with Crippen LogP contribution in [0.1, 0.15) is 20.8 Å². The molecule has 1 N–H and O–H groups in total. The molecule has 0 aliphatic rings. The second-order valence-corrected chi connectivity index (χ2v) is 4.73. The average molecular weight is 209 g/mol. The van der Waals surface area contributed by atoms with Gasteiger partial charge in [0.25, 0.3) is 0 Å². The van der Waals surface area contributed by atoms with Crippen molar-refractivity contribution in [3.05, 3.63) is 18.2 Å². The van der Waals surface area contributed by atoms with Crippen LogP contribution in [0.15, 0.2) is 18.2 Å². The zero-order valence-corrected chi connectivity index (χ0v) is 10.0. The highest BCUT2D eigenvalue weighted by Crippen LogP contribution is 2.36. The van der Waals surface area contributed by atoms with E-state index >= 15 is 0 Å². The molecule has 15 heavy (non-hydrogen) atoms. The maximum absolute atomic E-state index is 9.96. The average Bonchev–Trinajstić information content (AvgIpc) is 2.05. The second-order valence-electron chi connectivity index (χ2n) is 4.73. The number of hydrogen-bond acceptors (Lipinski definition) is 3. The van der Waals surface area contributed by atoms with Crippen LogP contribution in [0.5, 0.6) is 11.5 Å². The molecule has 1 aromatic carbocycles. The monoisotopic (exact) mass is 209 g/mol. The van der Waals surface area contributed by atoms with Crippen LogP contribution in [0.2, 0.25) is 0 Å². The maximum Gasteiger partial charge on any atom is 0.181 e. The number of anilines is 1. The lowest BCUT2D eigenvalue weighted by Gasteiger charge is -2.23. The Balaban J connectivity index is 3.05. The van der Waals surface area contributed by atoms with E-state index in [1.54, 1.807) is 6.07 Å². The predicted molar refractivity (Wildman–Crippen MR) is 62.8 cm³/mol. The van der Waals surface area contributed by atoms with Gasteiger partial charge in [-0.25, -0.2) is 0 Å². The molecule has 3 nitrogen and oxygen atoms in total. The van der Waals surface area contributed by atoms with Crippen molar-refractivity contribution in [1.29, 1.82) is 0 Å². The van der Waals surface area contributed by atoms with Crippen molar-refractivity contribution in [2.75, 3.05) is 19.0 Å². The van der Waals surface area contributed by atoms with E-state index in [2.05, 4.69) is 0 Å². The predicted octanol–water partition coefficient (Wildman–Crippen LogP) is 2.64. The van der Waals surface area contributed by atoms with Crippen molar-refractivity contribution < 1.29 is 9.84 Å². The SMILES string of the molecule is CN(C)c1cccc(OC(C)(C)C)c1O. The highest BCUT2D eigenvalue weighted by atomic mass is 16.5. The van der Waals surface area contributed by atoms with E-state index in [1.165, 1.54) is 0 Å². The molecule has 0 radical (unpaired) electrons. The van der Waals surface area contributed by atoms with E-state index < -0.39 is 0 Å². The summed E-state index contributed by atoms with van der Waals surface area (Å²) >= 11 is 0. The molecule has 3 heteroatoms. The lowest BCUT2D eigenvalue weighted by molar-refractivity contribution is 0.126. The molecule has 0 saturated heterocycles. The molecule has 0 saturated carbocycles. The van der Waals surface area contributed by atoms with Crippen molar-refractivity contribution in [3.8, 4) is 11.5 Å². The molecule has 84 valence electrons. The first-order chi connectivity index (χ1) is 6.81. The van der Waals surface area contributed by atoms with Crippen LogP contribution in [0.3, 0.4) is 0 Å². The van der Waals surface area contributed by atoms with Crippen LogP contribution in [0, 0.1) is 0 Å². The summed E-state index contributed by atoms with van der Waals surface area (Å²) in [6.45, 7) is 5.86. The normalized spacial score (nSPS) is 11.3. The Morgan fingerprint density at radius 1 is 1.20 bits per heavy atom. The largest absolute Gasteiger partial charge is 0.503 e. The van der Waals surface area contributed by atoms with Gasteiger partial charge in [-0.1, -0.05) is 6.07 Å². The van der Waals surface area contributed by atoms with E-state index in [0.29, 0.717) is 5.75 Å². The highest BCUT2D eigenvalue weighted by molar-refractivity contribution is 5.63. The summed E-state index contributed by atoms with van der Waals surface area (Å²) in [5.74, 6) is 0.714. The molecule has 0 aromatic heterocycles. The van der Waals surface area contributed by atoms with Gasteiger partial charge < -0.3 is 14.7 Å². The summed E-state index contributed by atoms with van der Waals surface area (Å²) in [4.78, 5) is 1.85. The second kappa shape index (κ2) is 4.01. The summed E-state index contributed by atoms with van der Waals surface area (Å²) < 4.78 is 5.65. The molecule has 1 aromatic rings. The Morgan fingerprint density at radius 2 is 1.80 bits per heavy atom. The van der Waals surface area contributed by atoms with E-state index in [-0.39, 0.29) is 11.4 Å². The Kier molecular flexibility index (Phi) is 3.12. The third-order valence-electron chi connectivity index (χ3n) is 1.88. The number of nitrogens with zero attached hydrogens (tertiary/aromatic N) is 1. The third-order valence-corrected chi connectivity index (χ3v) is 1.88. The minimum Gasteiger partial charge on any atom is -0.503 e. The van der Waals surface area contributed by atoms with Crippen molar-refractivity contribution in [3.63, 3.8) is 0 Å². The number of para-hydroxylation sites is 1. The summed E-state index contributed by atoms with van der Waals surface area (Å²) in [7, 11) is 3.77. The summed E-state index contributed by atoms with van der Waals surface area (Å²) in [5.41, 5.74) is 0.458. The van der Waals surface area contributed by atoms with Crippen LogP contribution in [-0.2, 0) is 0 Å². The number of aromatic hydroxyl groups is 1. The fourth-order valence-corrected chi connectivity index (χ4v) is 1.28. The first kappa shape index (κ1) is 11.7. The first-order valence-corrected chi connectivity index (χ1v) is 4.99. The lowest BCUT2D eigenvalue weighted by atomic mass is 10.2. The number of benzene rings is 1. The Bertz CT molecular complexity index is 340. The third kappa shape index (κ3) is 3.05. The number of phenolic OH excluding ortho intramolecular Hbond substituents is 1. The van der Waals surface area contributed by atoms with Crippen molar-refractivity contribution in [2.45, 2.75) is 26.4 Å². The quantitative estimate of drug-likeness (QED) is 0.812. The summed E-state index contributed by atoms with van der Waals surface area (Å²) in [5, 5.41) is 9.96. The van der Waals surface area contributed by atoms with Gasteiger partial charge in [-0.2, -0.15) is 0 Å². The Hall–Kier alpha value is -1.38. The van der Waals surface area contributed by atoms with E-state index in [9.17, 15) is 5.11 Å². The van der Waals surface area contributed by atoms with Crippen LogP contribution in [-0.4, -0.2) is 24.8 Å². The van der Waals surface area contributed by atoms with Gasteiger partial charge in [0.1, 0.15) is 5.60 Å². The topological polar surface area (TPSA) is 32.7 Å². The Morgan fingerprint density at radius 3 is 2.27 bits per heavy atom. The molecule has 0 fully saturated rings. The van der Waals surface area contributed by atoms with Crippen molar-refractivity contribution in [1.82, 2.24) is 0 Å². The molecule has 0 spiro atoms. The van der Waals surface area contributed by atoms with E-state index in [1.807, 2.05) is 51.9 Å². The molecular formula is C12H19NO2. The molecule has 0 aliphatic carbocycles. The van der Waals surface area contributed by atoms with Crippen molar-refractivity contribution >= 4 is 5.69 Å². The van der Waals surface area contributed by atoms with Gasteiger partial charge in [-0.15, -0.1) is 0 Å². The minimum atomic E-state index is -0.303. The molecule has 0 heterocycles. The molecule has 0 amide bonds. The zero-order valence-electron chi connectivity index (χ0n) is 10.0. The first-order valence-electron chi connectivity index (χ1n) is 4.99. The van der Waals surface area contributed by atoms with Crippen LogP contribution in [0.25, 0.3) is 0 Å². The molecular weight excluding hydrogens is 190 g/mol. The van der Waals surface area contributed by atoms with Crippen LogP contribution < -0.4 is 9.64 Å². The highest BCUT2D eigenvalue weighted by Gasteiger charge is 2.16. The number of phenols is 1. The summed E-state index contributed by atoms with van der Waals surface area (Å²) in [6, 6.07) is 5.49. The van der Waals surface area contributed by atoms with Gasteiger partial charge in [0, 0.05) is 14.1 Å². The van der Waals surface area contributed by atoms with Gasteiger partial charge in [0.2, 0.25) is 0 Å². The number of rotatable bonds is 2. The van der Waals surface area contributed by atoms with Crippen LogP contribution >= 0.6 is 0 Å². The van der Waals surface area contributed by atoms with Gasteiger partial charge in [0.05, 0.1) is 5.69 Å².